The van der Waals surface area contributed by atoms with Gasteiger partial charge in [-0.05, 0) is 79.5 Å². The van der Waals surface area contributed by atoms with E-state index in [0.29, 0.717) is 28.9 Å². The molecule has 2 aliphatic rings. The molecule has 2 aromatic carbocycles. The minimum absolute atomic E-state index is 0.0259. The van der Waals surface area contributed by atoms with Gasteiger partial charge in [0.1, 0.15) is 0 Å². The number of nitrogens with one attached hydrogen (secondary N) is 3. The fourth-order valence-electron chi connectivity index (χ4n) is 4.01. The molecule has 7 nitrogen and oxygen atoms in total. The van der Waals surface area contributed by atoms with E-state index in [-0.39, 0.29) is 11.8 Å². The third-order valence-electron chi connectivity index (χ3n) is 6.24. The van der Waals surface area contributed by atoms with Crippen LogP contribution in [0.15, 0.2) is 47.5 Å². The van der Waals surface area contributed by atoms with Crippen LogP contribution in [-0.4, -0.2) is 49.4 Å². The van der Waals surface area contributed by atoms with E-state index in [4.69, 9.17) is 0 Å². The quantitative estimate of drug-likeness (QED) is 0.540. The number of hydrogen-bond acceptors (Lipinski definition) is 5. The number of aliphatic imine (C=N–C) groups is 1. The number of benzene rings is 2. The molecule has 2 aromatic rings. The molecule has 1 fully saturated rings. The second-order valence-electron chi connectivity index (χ2n) is 9.66. The van der Waals surface area contributed by atoms with Gasteiger partial charge in [-0.2, -0.15) is 0 Å². The smallest absolute Gasteiger partial charge is 0.257 e. The summed E-state index contributed by atoms with van der Waals surface area (Å²) in [5.41, 5.74) is 4.27. The Morgan fingerprint density at radius 2 is 1.97 bits per heavy atom. The lowest BCUT2D eigenvalue weighted by atomic mass is 10.0. The Labute approximate surface area is 202 Å². The van der Waals surface area contributed by atoms with Crippen LogP contribution in [0.5, 0.6) is 0 Å². The van der Waals surface area contributed by atoms with Gasteiger partial charge < -0.3 is 15.5 Å². The van der Waals surface area contributed by atoms with Gasteiger partial charge in [0.05, 0.1) is 0 Å². The molecule has 2 amide bonds. The average molecular weight is 462 g/mol. The van der Waals surface area contributed by atoms with Crippen molar-refractivity contribution in [3.63, 3.8) is 0 Å². The van der Waals surface area contributed by atoms with Crippen LogP contribution in [-0.2, 0) is 0 Å². The highest BCUT2D eigenvalue weighted by molar-refractivity contribution is 6.06. The molecular weight excluding hydrogens is 426 g/mol. The molecule has 0 radical (unpaired) electrons. The first-order chi connectivity index (χ1) is 16.4. The first kappa shape index (κ1) is 23.8. The Bertz CT molecular complexity index is 1070. The lowest BCUT2D eigenvalue weighted by Gasteiger charge is -2.19. The van der Waals surface area contributed by atoms with E-state index in [1.165, 1.54) is 0 Å². The molecule has 3 N–H and O–H groups in total. The summed E-state index contributed by atoms with van der Waals surface area (Å²) in [4.78, 5) is 31.7. The minimum atomic E-state index is -0.154. The van der Waals surface area contributed by atoms with Crippen LogP contribution in [0.2, 0.25) is 0 Å². The fourth-order valence-corrected chi connectivity index (χ4v) is 4.01. The van der Waals surface area contributed by atoms with Crippen molar-refractivity contribution in [1.82, 2.24) is 15.5 Å². The van der Waals surface area contributed by atoms with Crippen LogP contribution in [0.3, 0.4) is 0 Å². The maximum atomic E-state index is 12.9. The van der Waals surface area contributed by atoms with Crippen molar-refractivity contribution in [2.45, 2.75) is 45.4 Å². The molecule has 4 rings (SSSR count). The van der Waals surface area contributed by atoms with Crippen molar-refractivity contribution < 1.29 is 9.59 Å². The van der Waals surface area contributed by atoms with Gasteiger partial charge in [0, 0.05) is 49.2 Å². The fraction of sp³-hybridized carbons (Fsp3) is 0.444. The minimum Gasteiger partial charge on any atom is -0.356 e. The molecule has 1 heterocycles. The molecule has 0 bridgehead atoms. The van der Waals surface area contributed by atoms with E-state index < -0.39 is 0 Å². The molecule has 0 aromatic heterocycles. The molecule has 7 heteroatoms. The molecule has 1 aliphatic heterocycles. The Morgan fingerprint density at radius 1 is 1.15 bits per heavy atom. The number of hydrogen-bond donors (Lipinski definition) is 3. The van der Waals surface area contributed by atoms with Crippen LogP contribution >= 0.6 is 0 Å². The van der Waals surface area contributed by atoms with Crippen molar-refractivity contribution in [3.05, 3.63) is 59.2 Å². The topological polar surface area (TPSA) is 85.8 Å². The first-order valence-electron chi connectivity index (χ1n) is 12.3. The van der Waals surface area contributed by atoms with Crippen LogP contribution in [0.1, 0.15) is 71.7 Å². The summed E-state index contributed by atoms with van der Waals surface area (Å²) in [5.74, 6) is 1.43. The highest BCUT2D eigenvalue weighted by Crippen LogP contribution is 2.44. The molecule has 0 unspecified atom stereocenters. The summed E-state index contributed by atoms with van der Waals surface area (Å²) in [7, 11) is 1.86. The Morgan fingerprint density at radius 3 is 2.68 bits per heavy atom. The van der Waals surface area contributed by atoms with Crippen molar-refractivity contribution in [2.24, 2.45) is 10.9 Å². The van der Waals surface area contributed by atoms with E-state index in [9.17, 15) is 9.59 Å². The molecule has 180 valence electrons. The second-order valence-corrected chi connectivity index (χ2v) is 9.66. The van der Waals surface area contributed by atoms with Crippen LogP contribution in [0.4, 0.5) is 11.4 Å². The van der Waals surface area contributed by atoms with E-state index >= 15 is 0 Å². The Hall–Kier alpha value is -3.35. The van der Waals surface area contributed by atoms with Crippen LogP contribution in [0, 0.1) is 5.92 Å². The molecule has 0 spiro atoms. The predicted molar refractivity (Wildman–Crippen MR) is 137 cm³/mol. The van der Waals surface area contributed by atoms with Crippen molar-refractivity contribution in [1.29, 1.82) is 0 Å². The summed E-state index contributed by atoms with van der Waals surface area (Å²) < 4.78 is 0. The maximum Gasteiger partial charge on any atom is 0.257 e. The number of nitrogens with zero attached hydrogens (tertiary/aromatic N) is 2. The van der Waals surface area contributed by atoms with Gasteiger partial charge >= 0.3 is 0 Å². The lowest BCUT2D eigenvalue weighted by molar-refractivity contribution is 0.0789. The first-order valence-corrected chi connectivity index (χ1v) is 12.3. The van der Waals surface area contributed by atoms with E-state index in [1.807, 2.05) is 49.5 Å². The Kier molecular flexibility index (Phi) is 7.50. The number of anilines is 2. The molecule has 1 saturated carbocycles. The monoisotopic (exact) mass is 461 g/mol. The van der Waals surface area contributed by atoms with Gasteiger partial charge in [-0.3, -0.25) is 19.9 Å². The average Bonchev–Trinajstić information content (AvgIpc) is 3.68. The number of rotatable bonds is 8. The van der Waals surface area contributed by atoms with Gasteiger partial charge in [-0.1, -0.05) is 19.9 Å². The van der Waals surface area contributed by atoms with Gasteiger partial charge in [-0.15, -0.1) is 0 Å². The summed E-state index contributed by atoms with van der Waals surface area (Å²) in [6, 6.07) is 13.4. The van der Waals surface area contributed by atoms with Crippen molar-refractivity contribution >= 4 is 29.1 Å². The molecule has 1 aliphatic carbocycles. The van der Waals surface area contributed by atoms with Gasteiger partial charge in [0.25, 0.3) is 11.8 Å². The maximum absolute atomic E-state index is 12.9. The van der Waals surface area contributed by atoms with Gasteiger partial charge in [0.2, 0.25) is 0 Å². The van der Waals surface area contributed by atoms with Crippen molar-refractivity contribution in [2.75, 3.05) is 32.0 Å². The summed E-state index contributed by atoms with van der Waals surface area (Å²) >= 11 is 0. The highest BCUT2D eigenvalue weighted by atomic mass is 16.2. The summed E-state index contributed by atoms with van der Waals surface area (Å²) in [6.45, 7) is 6.62. The third kappa shape index (κ3) is 6.16. The number of guanidine groups is 1. The SMILES string of the molecule is CC(C)CCN(C)C(=O)c1cccc(Nc2ccc(C(=O)NC3=NCCCN3)cc2C2CC2)c1. The molecule has 34 heavy (non-hydrogen) atoms. The molecular formula is C27H35N5O2. The van der Waals surface area contributed by atoms with Crippen LogP contribution in [0.25, 0.3) is 0 Å². The zero-order valence-corrected chi connectivity index (χ0v) is 20.4. The van der Waals surface area contributed by atoms with E-state index in [0.717, 1.165) is 62.3 Å². The zero-order chi connectivity index (χ0) is 24.1. The Balaban J connectivity index is 1.48. The lowest BCUT2D eigenvalue weighted by Crippen LogP contribution is -2.43. The summed E-state index contributed by atoms with van der Waals surface area (Å²) in [6.07, 6.45) is 4.20. The van der Waals surface area contributed by atoms with E-state index in [2.05, 4.69) is 34.8 Å². The zero-order valence-electron chi connectivity index (χ0n) is 20.4. The summed E-state index contributed by atoms with van der Waals surface area (Å²) in [5, 5.41) is 9.49. The number of carbonyl (C=O) groups excluding carboxylic acids is 2. The predicted octanol–water partition coefficient (Wildman–Crippen LogP) is 4.50. The largest absolute Gasteiger partial charge is 0.356 e. The standard InChI is InChI=1S/C27H35N5O2/c1-18(2)12-15-32(3)26(34)21-6-4-7-22(16-21)30-24-11-10-20(17-23(24)19-8-9-19)25(33)31-27-28-13-5-14-29-27/h4,6-7,10-11,16-19,30H,5,8-9,12-15H2,1-3H3,(H2,28,29,31,33). The van der Waals surface area contributed by atoms with Crippen LogP contribution < -0.4 is 16.0 Å². The second kappa shape index (κ2) is 10.7. The molecule has 0 atom stereocenters. The van der Waals surface area contributed by atoms with Crippen molar-refractivity contribution in [3.8, 4) is 0 Å². The number of carbonyl (C=O) groups is 2. The van der Waals surface area contributed by atoms with Gasteiger partial charge in [0.15, 0.2) is 5.96 Å². The van der Waals surface area contributed by atoms with Gasteiger partial charge in [-0.25, -0.2) is 0 Å². The molecule has 0 saturated heterocycles. The third-order valence-corrected chi connectivity index (χ3v) is 6.24. The highest BCUT2D eigenvalue weighted by Gasteiger charge is 2.27. The number of amides is 2. The normalized spacial score (nSPS) is 15.4. The van der Waals surface area contributed by atoms with E-state index in [1.54, 1.807) is 4.90 Å².